The van der Waals surface area contributed by atoms with Crippen LogP contribution in [0.3, 0.4) is 0 Å². The lowest BCUT2D eigenvalue weighted by molar-refractivity contribution is 0.0928. The zero-order valence-corrected chi connectivity index (χ0v) is 12.7. The first-order valence-corrected chi connectivity index (χ1v) is 7.68. The molecule has 1 aromatic heterocycles. The van der Waals surface area contributed by atoms with Gasteiger partial charge in [0.2, 0.25) is 5.95 Å². The van der Waals surface area contributed by atoms with Gasteiger partial charge in [-0.15, -0.1) is 0 Å². The lowest BCUT2D eigenvalue weighted by atomic mass is 10.1. The van der Waals surface area contributed by atoms with Crippen molar-refractivity contribution in [3.8, 4) is 5.69 Å². The molecule has 3 heterocycles. The summed E-state index contributed by atoms with van der Waals surface area (Å²) in [5.41, 5.74) is 0.988. The van der Waals surface area contributed by atoms with Crippen LogP contribution in [-0.4, -0.2) is 71.0 Å². The van der Waals surface area contributed by atoms with Crippen molar-refractivity contribution in [1.82, 2.24) is 25.1 Å². The van der Waals surface area contributed by atoms with Gasteiger partial charge >= 0.3 is 0 Å². The van der Waals surface area contributed by atoms with Gasteiger partial charge in [0, 0.05) is 25.6 Å². The highest BCUT2D eigenvalue weighted by Gasteiger charge is 2.33. The number of tetrazole rings is 1. The molecule has 0 unspecified atom stereocenters. The number of likely N-dealkylation sites (N-methyl/N-ethyl adjacent to an activating group) is 1. The standard InChI is InChI=1S/C15H20N6O/c1-19-7-12-8-20(9-14(19)11-22-10-12)15-16-17-18-21(15)13-5-3-2-4-6-13/h2-6,12,14H,7-11H2,1H3/t12-,14+/m1/s1. The number of rotatable bonds is 2. The zero-order valence-electron chi connectivity index (χ0n) is 12.7. The van der Waals surface area contributed by atoms with E-state index in [0.29, 0.717) is 12.0 Å². The first kappa shape index (κ1) is 13.7. The molecule has 4 rings (SSSR count). The van der Waals surface area contributed by atoms with Gasteiger partial charge in [-0.2, -0.15) is 4.68 Å². The molecule has 1 aromatic carbocycles. The fraction of sp³-hybridized carbons (Fsp3) is 0.533. The molecule has 2 aliphatic rings. The summed E-state index contributed by atoms with van der Waals surface area (Å²) in [7, 11) is 2.18. The number of anilines is 1. The van der Waals surface area contributed by atoms with Gasteiger partial charge in [-0.3, -0.25) is 4.90 Å². The Morgan fingerprint density at radius 3 is 2.82 bits per heavy atom. The number of aromatic nitrogens is 4. The highest BCUT2D eigenvalue weighted by molar-refractivity contribution is 5.41. The van der Waals surface area contributed by atoms with Gasteiger partial charge in [-0.1, -0.05) is 23.3 Å². The molecule has 2 fully saturated rings. The maximum absolute atomic E-state index is 5.79. The number of para-hydroxylation sites is 1. The molecule has 2 atom stereocenters. The summed E-state index contributed by atoms with van der Waals surface area (Å²) in [4.78, 5) is 4.70. The SMILES string of the molecule is CN1C[C@H]2COC[C@@H]1CN(c1nnnn1-c1ccccc1)C2. The van der Waals surface area contributed by atoms with Crippen LogP contribution in [0.15, 0.2) is 30.3 Å². The van der Waals surface area contributed by atoms with Crippen molar-refractivity contribution in [2.75, 3.05) is 44.8 Å². The molecule has 2 saturated heterocycles. The van der Waals surface area contributed by atoms with Crippen LogP contribution in [0.25, 0.3) is 5.69 Å². The number of hydrogen-bond donors (Lipinski definition) is 0. The van der Waals surface area contributed by atoms with Crippen LogP contribution in [0.4, 0.5) is 5.95 Å². The van der Waals surface area contributed by atoms with Crippen LogP contribution in [-0.2, 0) is 4.74 Å². The Morgan fingerprint density at radius 2 is 1.95 bits per heavy atom. The van der Waals surface area contributed by atoms with Crippen LogP contribution >= 0.6 is 0 Å². The summed E-state index contributed by atoms with van der Waals surface area (Å²) < 4.78 is 7.61. The van der Waals surface area contributed by atoms with Gasteiger partial charge in [0.1, 0.15) is 0 Å². The summed E-state index contributed by atoms with van der Waals surface area (Å²) >= 11 is 0. The van der Waals surface area contributed by atoms with E-state index in [1.165, 1.54) is 0 Å². The van der Waals surface area contributed by atoms with E-state index in [4.69, 9.17) is 4.74 Å². The Kier molecular flexibility index (Phi) is 3.51. The van der Waals surface area contributed by atoms with Crippen molar-refractivity contribution in [2.45, 2.75) is 6.04 Å². The lowest BCUT2D eigenvalue weighted by Gasteiger charge is -2.29. The van der Waals surface area contributed by atoms with Crippen molar-refractivity contribution in [1.29, 1.82) is 0 Å². The molecule has 0 amide bonds. The number of ether oxygens (including phenoxy) is 1. The summed E-state index contributed by atoms with van der Waals surface area (Å²) in [6.07, 6.45) is 0. The molecule has 2 bridgehead atoms. The summed E-state index contributed by atoms with van der Waals surface area (Å²) in [6, 6.07) is 10.4. The minimum Gasteiger partial charge on any atom is -0.379 e. The molecule has 0 radical (unpaired) electrons. The maximum Gasteiger partial charge on any atom is 0.250 e. The summed E-state index contributed by atoms with van der Waals surface area (Å²) in [5, 5.41) is 12.3. The van der Waals surface area contributed by atoms with Crippen LogP contribution in [0.1, 0.15) is 0 Å². The number of fused-ring (bicyclic) bond motifs is 3. The quantitative estimate of drug-likeness (QED) is 0.801. The first-order chi connectivity index (χ1) is 10.8. The molecule has 116 valence electrons. The highest BCUT2D eigenvalue weighted by atomic mass is 16.5. The minimum absolute atomic E-state index is 0.383. The van der Waals surface area contributed by atoms with Gasteiger partial charge in [0.15, 0.2) is 0 Å². The second kappa shape index (κ2) is 5.66. The summed E-state index contributed by atoms with van der Waals surface area (Å²) in [5.74, 6) is 1.30. The Morgan fingerprint density at radius 1 is 1.09 bits per heavy atom. The monoisotopic (exact) mass is 300 g/mol. The van der Waals surface area contributed by atoms with E-state index in [1.807, 2.05) is 35.0 Å². The first-order valence-electron chi connectivity index (χ1n) is 7.68. The average Bonchev–Trinajstić information content (AvgIpc) is 2.87. The Bertz CT molecular complexity index is 630. The Hall–Kier alpha value is -1.99. The van der Waals surface area contributed by atoms with E-state index in [0.717, 1.165) is 44.5 Å². The largest absolute Gasteiger partial charge is 0.379 e. The third-order valence-electron chi connectivity index (χ3n) is 4.48. The molecule has 2 aliphatic heterocycles. The second-order valence-corrected chi connectivity index (χ2v) is 6.13. The second-order valence-electron chi connectivity index (χ2n) is 6.13. The maximum atomic E-state index is 5.79. The minimum atomic E-state index is 0.383. The normalized spacial score (nSPS) is 26.0. The van der Waals surface area contributed by atoms with Crippen LogP contribution in [0.5, 0.6) is 0 Å². The van der Waals surface area contributed by atoms with E-state index in [2.05, 4.69) is 32.4 Å². The predicted molar refractivity (Wildman–Crippen MR) is 82.1 cm³/mol. The van der Waals surface area contributed by atoms with Crippen LogP contribution < -0.4 is 4.90 Å². The van der Waals surface area contributed by atoms with Crippen molar-refractivity contribution in [3.63, 3.8) is 0 Å². The highest BCUT2D eigenvalue weighted by Crippen LogP contribution is 2.23. The zero-order chi connectivity index (χ0) is 14.9. The van der Waals surface area contributed by atoms with Crippen LogP contribution in [0.2, 0.25) is 0 Å². The lowest BCUT2D eigenvalue weighted by Crippen LogP contribution is -2.43. The van der Waals surface area contributed by atoms with Gasteiger partial charge in [-0.25, -0.2) is 0 Å². The van der Waals surface area contributed by atoms with E-state index < -0.39 is 0 Å². The van der Waals surface area contributed by atoms with Gasteiger partial charge in [-0.05, 0) is 29.6 Å². The van der Waals surface area contributed by atoms with E-state index in [9.17, 15) is 0 Å². The summed E-state index contributed by atoms with van der Waals surface area (Å²) in [6.45, 7) is 4.46. The number of hydrogen-bond acceptors (Lipinski definition) is 6. The third kappa shape index (κ3) is 2.46. The number of nitrogens with zero attached hydrogens (tertiary/aromatic N) is 6. The van der Waals surface area contributed by atoms with Crippen molar-refractivity contribution in [2.24, 2.45) is 5.92 Å². The molecule has 0 N–H and O–H groups in total. The fourth-order valence-electron chi connectivity index (χ4n) is 3.33. The van der Waals surface area contributed by atoms with Gasteiger partial charge in [0.25, 0.3) is 0 Å². The molecule has 2 aromatic rings. The third-order valence-corrected chi connectivity index (χ3v) is 4.48. The van der Waals surface area contributed by atoms with E-state index in [-0.39, 0.29) is 0 Å². The molecule has 0 aliphatic carbocycles. The molecule has 0 saturated carbocycles. The molecular weight excluding hydrogens is 280 g/mol. The fourth-order valence-corrected chi connectivity index (χ4v) is 3.33. The van der Waals surface area contributed by atoms with E-state index >= 15 is 0 Å². The topological polar surface area (TPSA) is 59.3 Å². The molecule has 7 nitrogen and oxygen atoms in total. The molecule has 22 heavy (non-hydrogen) atoms. The predicted octanol–water partition coefficient (Wildman–Crippen LogP) is 0.429. The smallest absolute Gasteiger partial charge is 0.250 e. The average molecular weight is 300 g/mol. The Labute approximate surface area is 129 Å². The number of benzene rings is 1. The van der Waals surface area contributed by atoms with E-state index in [1.54, 1.807) is 0 Å². The molecule has 0 spiro atoms. The molecular formula is C15H20N6O. The Balaban J connectivity index is 1.67. The van der Waals surface area contributed by atoms with Crippen molar-refractivity contribution in [3.05, 3.63) is 30.3 Å². The van der Waals surface area contributed by atoms with Crippen LogP contribution in [0, 0.1) is 5.92 Å². The van der Waals surface area contributed by atoms with Crippen molar-refractivity contribution < 1.29 is 4.74 Å². The van der Waals surface area contributed by atoms with Gasteiger partial charge in [0.05, 0.1) is 24.9 Å². The van der Waals surface area contributed by atoms with Crippen molar-refractivity contribution >= 4 is 5.95 Å². The molecule has 7 heteroatoms. The van der Waals surface area contributed by atoms with Gasteiger partial charge < -0.3 is 9.64 Å².